The number of unbranched alkanes of at least 4 members (excludes halogenated alkanes) is 14. The number of esters is 1. The van der Waals surface area contributed by atoms with Gasteiger partial charge in [-0.2, -0.15) is 0 Å². The molecule has 1 fully saturated rings. The van der Waals surface area contributed by atoms with Crippen LogP contribution in [0.1, 0.15) is 110 Å². The van der Waals surface area contributed by atoms with Gasteiger partial charge in [-0.25, -0.2) is 0 Å². The summed E-state index contributed by atoms with van der Waals surface area (Å²) in [6, 6.07) is 0. The van der Waals surface area contributed by atoms with E-state index in [-0.39, 0.29) is 72.0 Å². The van der Waals surface area contributed by atoms with Crippen molar-refractivity contribution in [3.05, 3.63) is 0 Å². The quantitative estimate of drug-likeness (QED) is 0.0773. The van der Waals surface area contributed by atoms with Crippen molar-refractivity contribution >= 4 is 5.97 Å². The van der Waals surface area contributed by atoms with Crippen molar-refractivity contribution < 1.29 is 48.5 Å². The van der Waals surface area contributed by atoms with Gasteiger partial charge in [0.15, 0.2) is 0 Å². The van der Waals surface area contributed by atoms with Gasteiger partial charge < -0.3 is 43.7 Å². The van der Waals surface area contributed by atoms with Crippen LogP contribution in [0.25, 0.3) is 0 Å². The predicted molar refractivity (Wildman–Crippen MR) is 162 cm³/mol. The molecule has 1 aliphatic rings. The Morgan fingerprint density at radius 3 is 1.83 bits per heavy atom. The predicted octanol–water partition coefficient (Wildman–Crippen LogP) is 4.34. The van der Waals surface area contributed by atoms with E-state index < -0.39 is 24.4 Å². The monoisotopic (exact) mass is 606 g/mol. The van der Waals surface area contributed by atoms with E-state index in [1.54, 1.807) is 0 Å². The molecule has 0 aromatic carbocycles. The van der Waals surface area contributed by atoms with Crippen molar-refractivity contribution in [2.45, 2.75) is 134 Å². The minimum Gasteiger partial charge on any atom is -0.463 e. The largest absolute Gasteiger partial charge is 0.463 e. The second-order valence-corrected chi connectivity index (χ2v) is 11.1. The molecule has 10 nitrogen and oxygen atoms in total. The van der Waals surface area contributed by atoms with Crippen LogP contribution >= 0.6 is 0 Å². The Morgan fingerprint density at radius 1 is 0.714 bits per heavy atom. The summed E-state index contributed by atoms with van der Waals surface area (Å²) in [5, 5.41) is 27.5. The smallest absolute Gasteiger partial charge is 0.305 e. The minimum atomic E-state index is -0.556. The molecule has 3 N–H and O–H groups in total. The van der Waals surface area contributed by atoms with Crippen molar-refractivity contribution in [2.75, 3.05) is 66.1 Å². The second-order valence-electron chi connectivity index (χ2n) is 11.1. The Kier molecular flexibility index (Phi) is 26.9. The summed E-state index contributed by atoms with van der Waals surface area (Å²) in [7, 11) is 0. The molecule has 1 heterocycles. The molecule has 1 aliphatic heterocycles. The summed E-state index contributed by atoms with van der Waals surface area (Å²) in [6.45, 7) is 2.92. The topological polar surface area (TPSA) is 133 Å². The first-order chi connectivity index (χ1) is 20.7. The number of carbonyl (C=O) groups excluding carboxylic acids is 1. The maximum absolute atomic E-state index is 12.1. The average molecular weight is 607 g/mol. The minimum absolute atomic E-state index is 0.0943. The van der Waals surface area contributed by atoms with Gasteiger partial charge in [-0.15, -0.1) is 0 Å². The molecular formula is C32H62O10. The molecule has 0 aromatic rings. The van der Waals surface area contributed by atoms with Gasteiger partial charge in [0, 0.05) is 6.42 Å². The molecule has 250 valence electrons. The van der Waals surface area contributed by atoms with Crippen LogP contribution in [0.5, 0.6) is 0 Å². The van der Waals surface area contributed by atoms with Crippen LogP contribution in [-0.4, -0.2) is 112 Å². The Hall–Kier alpha value is -0.850. The van der Waals surface area contributed by atoms with E-state index in [0.717, 1.165) is 12.8 Å². The zero-order valence-electron chi connectivity index (χ0n) is 26.4. The summed E-state index contributed by atoms with van der Waals surface area (Å²) in [6.07, 6.45) is 17.7. The summed E-state index contributed by atoms with van der Waals surface area (Å²) < 4.78 is 34.0. The highest BCUT2D eigenvalue weighted by atomic mass is 16.6. The fourth-order valence-electron chi connectivity index (χ4n) is 5.23. The molecule has 0 amide bonds. The molecule has 0 spiro atoms. The van der Waals surface area contributed by atoms with E-state index in [0.29, 0.717) is 6.42 Å². The first-order valence-electron chi connectivity index (χ1n) is 16.7. The number of hydrogen-bond donors (Lipinski definition) is 3. The van der Waals surface area contributed by atoms with Gasteiger partial charge in [-0.1, -0.05) is 96.8 Å². The van der Waals surface area contributed by atoms with Gasteiger partial charge >= 0.3 is 5.97 Å². The number of aliphatic hydroxyl groups is 3. The summed E-state index contributed by atoms with van der Waals surface area (Å²) in [5.74, 6) is -0.207. The molecule has 0 saturated carbocycles. The third-order valence-corrected chi connectivity index (χ3v) is 7.51. The standard InChI is InChI=1S/C32H62O10/c1-2-3-4-5-6-7-8-9-10-11-12-13-14-15-16-17-30(36)40-25-24-37-26-28(38-21-18-33)32-31(41-23-20-35)29(27-42-32)39-22-19-34/h28-29,31-35H,2-27H2,1H3. The lowest BCUT2D eigenvalue weighted by Crippen LogP contribution is -2.45. The van der Waals surface area contributed by atoms with Crippen molar-refractivity contribution in [2.24, 2.45) is 0 Å². The fraction of sp³-hybridized carbons (Fsp3) is 0.969. The molecule has 0 radical (unpaired) electrons. The third-order valence-electron chi connectivity index (χ3n) is 7.51. The lowest BCUT2D eigenvalue weighted by atomic mass is 10.0. The molecule has 0 bridgehead atoms. The maximum Gasteiger partial charge on any atom is 0.305 e. The summed E-state index contributed by atoms with van der Waals surface area (Å²) >= 11 is 0. The molecule has 1 saturated heterocycles. The molecule has 0 aliphatic carbocycles. The number of carbonyl (C=O) groups is 1. The Bertz CT molecular complexity index is 594. The molecule has 0 aromatic heterocycles. The van der Waals surface area contributed by atoms with E-state index in [2.05, 4.69) is 6.92 Å². The Labute approximate surface area is 254 Å². The highest BCUT2D eigenvalue weighted by Crippen LogP contribution is 2.25. The van der Waals surface area contributed by atoms with Crippen LogP contribution in [-0.2, 0) is 33.2 Å². The Balaban J connectivity index is 2.10. The molecule has 10 heteroatoms. The van der Waals surface area contributed by atoms with Crippen molar-refractivity contribution in [3.8, 4) is 0 Å². The molecule has 42 heavy (non-hydrogen) atoms. The molecule has 4 unspecified atom stereocenters. The lowest BCUT2D eigenvalue weighted by Gasteiger charge is -2.29. The first-order valence-corrected chi connectivity index (χ1v) is 16.7. The van der Waals surface area contributed by atoms with Crippen LogP contribution in [0.3, 0.4) is 0 Å². The Morgan fingerprint density at radius 2 is 1.26 bits per heavy atom. The van der Waals surface area contributed by atoms with Gasteiger partial charge in [0.2, 0.25) is 0 Å². The van der Waals surface area contributed by atoms with Crippen LogP contribution in [0.4, 0.5) is 0 Å². The van der Waals surface area contributed by atoms with E-state index in [4.69, 9.17) is 33.5 Å². The van der Waals surface area contributed by atoms with E-state index in [9.17, 15) is 15.0 Å². The van der Waals surface area contributed by atoms with Gasteiger partial charge in [0.25, 0.3) is 0 Å². The van der Waals surface area contributed by atoms with Gasteiger partial charge in [0.05, 0.1) is 59.5 Å². The van der Waals surface area contributed by atoms with E-state index in [1.165, 1.54) is 83.5 Å². The fourth-order valence-corrected chi connectivity index (χ4v) is 5.23. The molecular weight excluding hydrogens is 544 g/mol. The zero-order valence-corrected chi connectivity index (χ0v) is 26.4. The highest BCUT2D eigenvalue weighted by Gasteiger charge is 2.44. The normalized spacial score (nSPS) is 19.4. The molecule has 4 atom stereocenters. The van der Waals surface area contributed by atoms with Gasteiger partial charge in [0.1, 0.15) is 31.0 Å². The van der Waals surface area contributed by atoms with Gasteiger partial charge in [-0.05, 0) is 6.42 Å². The highest BCUT2D eigenvalue weighted by molar-refractivity contribution is 5.69. The average Bonchev–Trinajstić information content (AvgIpc) is 3.40. The number of ether oxygens (including phenoxy) is 6. The maximum atomic E-state index is 12.1. The van der Waals surface area contributed by atoms with Crippen molar-refractivity contribution in [1.29, 1.82) is 0 Å². The van der Waals surface area contributed by atoms with E-state index >= 15 is 0 Å². The first kappa shape index (κ1) is 39.2. The summed E-state index contributed by atoms with van der Waals surface area (Å²) in [4.78, 5) is 12.1. The van der Waals surface area contributed by atoms with Crippen LogP contribution in [0, 0.1) is 0 Å². The van der Waals surface area contributed by atoms with Crippen LogP contribution in [0.2, 0.25) is 0 Å². The van der Waals surface area contributed by atoms with E-state index in [1.807, 2.05) is 0 Å². The van der Waals surface area contributed by atoms with Crippen LogP contribution < -0.4 is 0 Å². The molecule has 1 rings (SSSR count). The lowest BCUT2D eigenvalue weighted by molar-refractivity contribution is -0.149. The number of hydrogen-bond acceptors (Lipinski definition) is 10. The van der Waals surface area contributed by atoms with Crippen molar-refractivity contribution in [1.82, 2.24) is 0 Å². The van der Waals surface area contributed by atoms with Crippen molar-refractivity contribution in [3.63, 3.8) is 0 Å². The number of aliphatic hydroxyl groups excluding tert-OH is 3. The summed E-state index contributed by atoms with van der Waals surface area (Å²) in [5.41, 5.74) is 0. The SMILES string of the molecule is CCCCCCCCCCCCCCCCCC(=O)OCCOCC(OCCO)C1OCC(OCCO)C1OCCO. The third kappa shape index (κ3) is 20.2. The second kappa shape index (κ2) is 28.9. The van der Waals surface area contributed by atoms with Crippen LogP contribution in [0.15, 0.2) is 0 Å². The number of rotatable bonds is 31. The zero-order chi connectivity index (χ0) is 30.5. The van der Waals surface area contributed by atoms with Gasteiger partial charge in [-0.3, -0.25) is 4.79 Å².